The second kappa shape index (κ2) is 10.4. The summed E-state index contributed by atoms with van der Waals surface area (Å²) in [7, 11) is 1.59. The van der Waals surface area contributed by atoms with E-state index < -0.39 is 6.29 Å². The number of benzene rings is 1. The van der Waals surface area contributed by atoms with Gasteiger partial charge in [-0.25, -0.2) is 9.97 Å². The molecule has 0 amide bonds. The maximum absolute atomic E-state index is 13.2. The molecule has 4 heterocycles. The summed E-state index contributed by atoms with van der Waals surface area (Å²) in [6.07, 6.45) is 2.85. The highest BCUT2D eigenvalue weighted by Gasteiger charge is 2.18. The van der Waals surface area contributed by atoms with Gasteiger partial charge in [-0.2, -0.15) is 4.98 Å². The molecule has 3 N–H and O–H groups in total. The lowest BCUT2D eigenvalue weighted by Crippen LogP contribution is -2.20. The summed E-state index contributed by atoms with van der Waals surface area (Å²) in [5.41, 5.74) is 1.16. The maximum Gasteiger partial charge on any atom is 0.259 e. The Kier molecular flexibility index (Phi) is 7.00. The van der Waals surface area contributed by atoms with Crippen molar-refractivity contribution < 1.29 is 14.9 Å². The van der Waals surface area contributed by atoms with Gasteiger partial charge in [0.1, 0.15) is 5.65 Å². The third-order valence-electron chi connectivity index (χ3n) is 5.74. The van der Waals surface area contributed by atoms with E-state index in [0.717, 1.165) is 0 Å². The van der Waals surface area contributed by atoms with E-state index in [0.29, 0.717) is 44.4 Å². The molecule has 0 radical (unpaired) electrons. The number of hydrogen-bond donors (Lipinski definition) is 3. The summed E-state index contributed by atoms with van der Waals surface area (Å²) in [6, 6.07) is 9.75. The Balaban J connectivity index is 1.47. The Morgan fingerprint density at radius 1 is 1.11 bits per heavy atom. The number of pyridine rings is 2. The van der Waals surface area contributed by atoms with E-state index in [-0.39, 0.29) is 28.8 Å². The Labute approximate surface area is 225 Å². The summed E-state index contributed by atoms with van der Waals surface area (Å²) < 4.78 is 8.67. The number of anilines is 2. The summed E-state index contributed by atoms with van der Waals surface area (Å²) in [5, 5.41) is 28.2. The van der Waals surface area contributed by atoms with Gasteiger partial charge in [0.2, 0.25) is 17.7 Å². The van der Waals surface area contributed by atoms with E-state index in [1.165, 1.54) is 16.8 Å². The van der Waals surface area contributed by atoms with Crippen LogP contribution in [0, 0.1) is 0 Å². The number of ether oxygens (including phenoxy) is 1. The Bertz CT molecular complexity index is 1700. The molecule has 38 heavy (non-hydrogen) atoms. The summed E-state index contributed by atoms with van der Waals surface area (Å²) >= 11 is 12.7. The third kappa shape index (κ3) is 4.92. The van der Waals surface area contributed by atoms with Crippen LogP contribution in [-0.2, 0) is 13.6 Å². The predicted octanol–water partition coefficient (Wildman–Crippen LogP) is 4.43. The van der Waals surface area contributed by atoms with Gasteiger partial charge < -0.3 is 20.3 Å². The van der Waals surface area contributed by atoms with Crippen LogP contribution in [0.15, 0.2) is 59.8 Å². The van der Waals surface area contributed by atoms with E-state index in [2.05, 4.69) is 25.4 Å². The van der Waals surface area contributed by atoms with E-state index in [4.69, 9.17) is 27.9 Å². The summed E-state index contributed by atoms with van der Waals surface area (Å²) in [5.74, 6) is 0.407. The average Bonchev–Trinajstić information content (AvgIpc) is 3.35. The molecule has 5 aromatic rings. The summed E-state index contributed by atoms with van der Waals surface area (Å²) in [4.78, 5) is 26.2. The molecule has 0 bridgehead atoms. The van der Waals surface area contributed by atoms with E-state index in [9.17, 15) is 15.0 Å². The first-order valence-electron chi connectivity index (χ1n) is 11.4. The Morgan fingerprint density at radius 3 is 2.55 bits per heavy atom. The van der Waals surface area contributed by atoms with Gasteiger partial charge in [0.15, 0.2) is 6.29 Å². The first kappa shape index (κ1) is 25.6. The minimum absolute atomic E-state index is 0.00972. The second-order valence-corrected chi connectivity index (χ2v) is 9.03. The molecule has 0 saturated heterocycles. The number of aromatic nitrogens is 6. The van der Waals surface area contributed by atoms with Crippen molar-refractivity contribution in [3.63, 3.8) is 0 Å². The minimum Gasteiger partial charge on any atom is -0.419 e. The zero-order valence-corrected chi connectivity index (χ0v) is 21.6. The smallest absolute Gasteiger partial charge is 0.259 e. The van der Waals surface area contributed by atoms with Crippen LogP contribution in [-0.4, -0.2) is 39.5 Å². The Hall–Kier alpha value is -4.03. The highest BCUT2D eigenvalue weighted by molar-refractivity contribution is 6.39. The van der Waals surface area contributed by atoms with Crippen LogP contribution >= 0.6 is 23.2 Å². The monoisotopic (exact) mass is 553 g/mol. The van der Waals surface area contributed by atoms with Crippen LogP contribution in [0.25, 0.3) is 22.2 Å². The molecular weight excluding hydrogens is 533 g/mol. The molecule has 4 aromatic heterocycles. The predicted molar refractivity (Wildman–Crippen MR) is 143 cm³/mol. The number of fused-ring (bicyclic) bond motifs is 1. The molecule has 11 nitrogen and oxygen atoms in total. The molecule has 0 aliphatic rings. The van der Waals surface area contributed by atoms with Gasteiger partial charge in [-0.15, -0.1) is 5.10 Å². The average molecular weight is 554 g/mol. The van der Waals surface area contributed by atoms with Gasteiger partial charge in [0, 0.05) is 43.0 Å². The van der Waals surface area contributed by atoms with Crippen LogP contribution in [0.3, 0.4) is 0 Å². The molecule has 0 saturated carbocycles. The van der Waals surface area contributed by atoms with Crippen molar-refractivity contribution in [1.29, 1.82) is 0 Å². The fraction of sp³-hybridized carbons (Fsp3) is 0.160. The number of rotatable bonds is 7. The van der Waals surface area contributed by atoms with Crippen molar-refractivity contribution in [3.8, 4) is 22.9 Å². The molecule has 5 rings (SSSR count). The van der Waals surface area contributed by atoms with E-state index >= 15 is 0 Å². The van der Waals surface area contributed by atoms with Crippen LogP contribution in [0.1, 0.15) is 18.8 Å². The molecule has 0 spiro atoms. The Morgan fingerprint density at radius 2 is 1.87 bits per heavy atom. The largest absolute Gasteiger partial charge is 0.419 e. The van der Waals surface area contributed by atoms with Crippen LogP contribution in [0.4, 0.5) is 11.6 Å². The van der Waals surface area contributed by atoms with Crippen LogP contribution in [0.5, 0.6) is 11.8 Å². The highest BCUT2D eigenvalue weighted by atomic mass is 35.5. The molecule has 0 fully saturated rings. The van der Waals surface area contributed by atoms with Crippen molar-refractivity contribution in [2.24, 2.45) is 7.05 Å². The highest BCUT2D eigenvalue weighted by Crippen LogP contribution is 2.34. The second-order valence-electron chi connectivity index (χ2n) is 8.22. The minimum atomic E-state index is -1.86. The van der Waals surface area contributed by atoms with Crippen molar-refractivity contribution >= 4 is 45.9 Å². The first-order valence-corrected chi connectivity index (χ1v) is 12.2. The lowest BCUT2D eigenvalue weighted by Gasteiger charge is -2.13. The number of aliphatic hydroxyl groups is 2. The zero-order valence-electron chi connectivity index (χ0n) is 20.1. The van der Waals surface area contributed by atoms with E-state index in [1.54, 1.807) is 54.5 Å². The number of halogens is 2. The molecule has 194 valence electrons. The number of hydrogen-bond acceptors (Lipinski definition) is 9. The van der Waals surface area contributed by atoms with Gasteiger partial charge in [-0.3, -0.25) is 14.0 Å². The quantitative estimate of drug-likeness (QED) is 0.249. The number of nitrogens with zero attached hydrogens (tertiary/aromatic N) is 6. The van der Waals surface area contributed by atoms with Crippen molar-refractivity contribution in [2.75, 3.05) is 5.32 Å². The lowest BCUT2D eigenvalue weighted by atomic mass is 10.1. The maximum atomic E-state index is 13.2. The van der Waals surface area contributed by atoms with Gasteiger partial charge in [0.25, 0.3) is 5.56 Å². The zero-order chi connectivity index (χ0) is 27.0. The molecule has 0 aliphatic heterocycles. The fourth-order valence-corrected chi connectivity index (χ4v) is 4.45. The molecule has 0 atom stereocenters. The van der Waals surface area contributed by atoms with Crippen molar-refractivity contribution in [3.05, 3.63) is 81.0 Å². The topological polar surface area (TPSA) is 140 Å². The standard InChI is InChI=1S/C25H21Cl2N7O4/c1-3-34-8-7-19(32-34)38-22-16(24(36)37)10-14(12-28-22)30-25-29-11-13-9-15(23(35)33(2)21(13)31-25)20-17(26)5-4-6-18(20)27/h4-12,24,36-37H,3H2,1-2H3,(H,29,30,31). The number of aryl methyl sites for hydroxylation is 2. The third-order valence-corrected chi connectivity index (χ3v) is 6.37. The summed E-state index contributed by atoms with van der Waals surface area (Å²) in [6.45, 7) is 2.58. The number of aliphatic hydroxyl groups excluding tert-OH is 1. The van der Waals surface area contributed by atoms with Gasteiger partial charge in [0.05, 0.1) is 33.1 Å². The molecule has 0 aliphatic carbocycles. The van der Waals surface area contributed by atoms with Gasteiger partial charge in [-0.05, 0) is 31.2 Å². The van der Waals surface area contributed by atoms with Gasteiger partial charge in [-0.1, -0.05) is 29.3 Å². The normalized spacial score (nSPS) is 11.3. The van der Waals surface area contributed by atoms with E-state index in [1.807, 2.05) is 6.92 Å². The molecule has 1 aromatic carbocycles. The molecule has 13 heteroatoms. The van der Waals surface area contributed by atoms with Crippen molar-refractivity contribution in [2.45, 2.75) is 19.8 Å². The number of nitrogens with one attached hydrogen (secondary N) is 1. The molecular formula is C25H21Cl2N7O4. The van der Waals surface area contributed by atoms with Crippen LogP contribution < -0.4 is 15.6 Å². The van der Waals surface area contributed by atoms with Crippen LogP contribution in [0.2, 0.25) is 10.0 Å². The lowest BCUT2D eigenvalue weighted by molar-refractivity contribution is -0.0440. The molecule has 0 unspecified atom stereocenters. The van der Waals surface area contributed by atoms with Crippen molar-refractivity contribution in [1.82, 2.24) is 29.3 Å². The fourth-order valence-electron chi connectivity index (χ4n) is 3.85. The first-order chi connectivity index (χ1) is 18.2. The SMILES string of the molecule is CCn1ccc(Oc2ncc(Nc3ncc4cc(-c5c(Cl)cccc5Cl)c(=O)n(C)c4n3)cc2C(O)O)n1. The van der Waals surface area contributed by atoms with Gasteiger partial charge >= 0.3 is 0 Å².